The highest BCUT2D eigenvalue weighted by molar-refractivity contribution is 7.89. The molecule has 4 rings (SSSR count). The van der Waals surface area contributed by atoms with Crippen LogP contribution in [0.15, 0.2) is 23.1 Å². The van der Waals surface area contributed by atoms with E-state index < -0.39 is 22.0 Å². The van der Waals surface area contributed by atoms with Crippen molar-refractivity contribution in [3.05, 3.63) is 28.0 Å². The number of carbonyl (C=O) groups excluding carboxylic acids is 1. The Morgan fingerprint density at radius 1 is 1.37 bits per heavy atom. The lowest BCUT2D eigenvalue weighted by Crippen LogP contribution is -2.44. The number of urea groups is 1. The molecule has 2 aromatic rings. The molecule has 1 saturated heterocycles. The number of thiophene rings is 1. The monoisotopic (exact) mass is 449 g/mol. The zero-order valence-corrected chi connectivity index (χ0v) is 18.2. The highest BCUT2D eigenvalue weighted by atomic mass is 32.2. The van der Waals surface area contributed by atoms with Crippen LogP contribution in [0.3, 0.4) is 0 Å². The predicted molar refractivity (Wildman–Crippen MR) is 115 cm³/mol. The molecule has 0 radical (unpaired) electrons. The van der Waals surface area contributed by atoms with Crippen molar-refractivity contribution in [3.8, 4) is 0 Å². The maximum Gasteiger partial charge on any atom is 0.322 e. The molecular weight excluding hydrogens is 426 g/mol. The lowest BCUT2D eigenvalue weighted by molar-refractivity contribution is -0.140. The molecule has 3 N–H and O–H groups in total. The van der Waals surface area contributed by atoms with Crippen LogP contribution >= 0.6 is 11.3 Å². The summed E-state index contributed by atoms with van der Waals surface area (Å²) in [4.78, 5) is 25.2. The summed E-state index contributed by atoms with van der Waals surface area (Å²) in [6.07, 6.45) is 4.87. The summed E-state index contributed by atoms with van der Waals surface area (Å²) in [6.45, 7) is 4.62. The Kier molecular flexibility index (Phi) is 5.33. The second-order valence-corrected chi connectivity index (χ2v) is 10.6. The molecule has 1 fully saturated rings. The Labute approximate surface area is 177 Å². The number of rotatable bonds is 6. The molecule has 0 bridgehead atoms. The van der Waals surface area contributed by atoms with Gasteiger partial charge in [0, 0.05) is 27.7 Å². The van der Waals surface area contributed by atoms with Gasteiger partial charge >= 0.3 is 12.0 Å². The van der Waals surface area contributed by atoms with Crippen LogP contribution in [0, 0.1) is 5.92 Å². The fourth-order valence-corrected chi connectivity index (χ4v) is 6.50. The molecule has 10 heteroatoms. The number of benzene rings is 1. The minimum atomic E-state index is -3.98. The molecule has 2 atom stereocenters. The van der Waals surface area contributed by atoms with Crippen molar-refractivity contribution >= 4 is 55.6 Å². The van der Waals surface area contributed by atoms with Gasteiger partial charge in [-0.2, -0.15) is 4.72 Å². The van der Waals surface area contributed by atoms with E-state index in [1.165, 1.54) is 17.4 Å². The van der Waals surface area contributed by atoms with Crippen LogP contribution in [-0.4, -0.2) is 55.6 Å². The number of nitrogens with one attached hydrogen (secondary N) is 2. The number of carboxylic acids is 1. The number of amides is 2. The zero-order valence-electron chi connectivity index (χ0n) is 16.6. The van der Waals surface area contributed by atoms with Gasteiger partial charge in [-0.3, -0.25) is 4.79 Å². The number of carboxylic acid groups (broad SMARTS) is 1. The van der Waals surface area contributed by atoms with Gasteiger partial charge in [-0.15, -0.1) is 11.3 Å². The summed E-state index contributed by atoms with van der Waals surface area (Å²) >= 11 is 1.47. The van der Waals surface area contributed by atoms with E-state index in [0.29, 0.717) is 19.5 Å². The lowest BCUT2D eigenvalue weighted by Gasteiger charge is -2.23. The van der Waals surface area contributed by atoms with Crippen LogP contribution in [0.1, 0.15) is 20.3 Å². The third kappa shape index (κ3) is 3.70. The van der Waals surface area contributed by atoms with Crippen molar-refractivity contribution in [2.75, 3.05) is 13.1 Å². The van der Waals surface area contributed by atoms with Crippen molar-refractivity contribution in [2.24, 2.45) is 5.92 Å². The Morgan fingerprint density at radius 3 is 2.77 bits per heavy atom. The first-order chi connectivity index (χ1) is 14.2. The average Bonchev–Trinajstić information content (AvgIpc) is 3.27. The second kappa shape index (κ2) is 7.68. The highest BCUT2D eigenvalue weighted by Crippen LogP contribution is 2.22. The van der Waals surface area contributed by atoms with E-state index >= 15 is 0 Å². The first-order valence-corrected chi connectivity index (χ1v) is 12.0. The second-order valence-electron chi connectivity index (χ2n) is 7.82. The number of fused-ring (bicyclic) bond motifs is 3. The Bertz CT molecular complexity index is 1250. The molecular formula is C20H23N3O5S2. The largest absolute Gasteiger partial charge is 0.480 e. The van der Waals surface area contributed by atoms with Crippen LogP contribution in [0.5, 0.6) is 0 Å². The van der Waals surface area contributed by atoms with Crippen LogP contribution < -0.4 is 19.8 Å². The zero-order chi connectivity index (χ0) is 21.6. The van der Waals surface area contributed by atoms with Crippen LogP contribution in [0.4, 0.5) is 4.79 Å². The van der Waals surface area contributed by atoms with Gasteiger partial charge in [0.2, 0.25) is 10.0 Å². The van der Waals surface area contributed by atoms with Crippen LogP contribution in [0.2, 0.25) is 0 Å². The quantitative estimate of drug-likeness (QED) is 0.599. The predicted octanol–water partition coefficient (Wildman–Crippen LogP) is 0.647. The summed E-state index contributed by atoms with van der Waals surface area (Å²) in [7, 11) is -3.98. The molecule has 0 spiro atoms. The molecule has 30 heavy (non-hydrogen) atoms. The fraction of sp³-hybridized carbons (Fsp3) is 0.400. The number of hydrogen-bond acceptors (Lipinski definition) is 5. The Hall–Kier alpha value is -2.43. The Balaban J connectivity index is 1.70. The maximum absolute atomic E-state index is 12.8. The summed E-state index contributed by atoms with van der Waals surface area (Å²) < 4.78 is 29.6. The topological polar surface area (TPSA) is 116 Å². The fourth-order valence-electron chi connectivity index (χ4n) is 3.83. The molecule has 1 aromatic heterocycles. The van der Waals surface area contributed by atoms with Gasteiger partial charge in [0.25, 0.3) is 0 Å². The lowest BCUT2D eigenvalue weighted by atomic mass is 10.1. The standard InChI is InChI=1S/C20H23N3O5S2/c1-11(2)18(19(24)25)22-30(27,28)13-4-6-15-14-5-3-12(23-8-7-21-20(23)26)9-16(14)29-17(15)10-13/h4-6,9-12,18,22H,3,7-8H2,1-2H3,(H,21,26)(H,24,25)/t12?,18-/m0/s1. The van der Waals surface area contributed by atoms with Gasteiger partial charge in [-0.05, 0) is 35.8 Å². The summed E-state index contributed by atoms with van der Waals surface area (Å²) in [5.41, 5.74) is 0. The minimum Gasteiger partial charge on any atom is -0.480 e. The number of carbonyl (C=O) groups is 2. The number of sulfonamides is 1. The summed E-state index contributed by atoms with van der Waals surface area (Å²) in [6, 6.07) is 3.57. The first-order valence-electron chi connectivity index (χ1n) is 9.71. The first kappa shape index (κ1) is 20.8. The van der Waals surface area contributed by atoms with Gasteiger partial charge in [-0.1, -0.05) is 26.0 Å². The minimum absolute atomic E-state index is 0.0136. The molecule has 1 aromatic carbocycles. The molecule has 2 amide bonds. The van der Waals surface area contributed by atoms with E-state index in [-0.39, 0.29) is 22.9 Å². The molecule has 1 aliphatic carbocycles. The number of hydrogen-bond donors (Lipinski definition) is 3. The molecule has 8 nitrogen and oxygen atoms in total. The summed E-state index contributed by atoms with van der Waals surface area (Å²) in [5, 5.41) is 14.1. The third-order valence-electron chi connectivity index (χ3n) is 5.45. The maximum atomic E-state index is 12.8. The van der Waals surface area contributed by atoms with Gasteiger partial charge in [0.1, 0.15) is 6.04 Å². The molecule has 2 heterocycles. The van der Waals surface area contributed by atoms with Crippen LogP contribution in [-0.2, 0) is 14.8 Å². The van der Waals surface area contributed by atoms with E-state index in [9.17, 15) is 23.1 Å². The van der Waals surface area contributed by atoms with Crippen molar-refractivity contribution < 1.29 is 23.1 Å². The van der Waals surface area contributed by atoms with E-state index in [2.05, 4.69) is 22.2 Å². The molecule has 1 aliphatic heterocycles. The van der Waals surface area contributed by atoms with Gasteiger partial charge < -0.3 is 15.3 Å². The van der Waals surface area contributed by atoms with E-state index in [0.717, 1.165) is 19.8 Å². The molecule has 0 saturated carbocycles. The smallest absolute Gasteiger partial charge is 0.322 e. The molecule has 1 unspecified atom stereocenters. The molecule has 160 valence electrons. The van der Waals surface area contributed by atoms with Crippen molar-refractivity contribution in [2.45, 2.75) is 37.2 Å². The summed E-state index contributed by atoms with van der Waals surface area (Å²) in [5.74, 6) is -1.60. The van der Waals surface area contributed by atoms with E-state index in [1.807, 2.05) is 4.90 Å². The number of aliphatic carboxylic acids is 1. The SMILES string of the molecule is CC(C)[C@H](NS(=O)(=O)c1ccc2c3c(sc2c1)=CC(N1CCNC1=O)CC=3)C(=O)O. The van der Waals surface area contributed by atoms with Crippen molar-refractivity contribution in [1.82, 2.24) is 14.9 Å². The van der Waals surface area contributed by atoms with E-state index in [1.54, 1.807) is 26.0 Å². The third-order valence-corrected chi connectivity index (χ3v) is 8.02. The Morgan fingerprint density at radius 2 is 2.13 bits per heavy atom. The van der Waals surface area contributed by atoms with Crippen molar-refractivity contribution in [3.63, 3.8) is 0 Å². The highest BCUT2D eigenvalue weighted by Gasteiger charge is 2.29. The van der Waals surface area contributed by atoms with Gasteiger partial charge in [0.05, 0.1) is 10.9 Å². The number of nitrogens with zero attached hydrogens (tertiary/aromatic N) is 1. The van der Waals surface area contributed by atoms with Crippen LogP contribution in [0.25, 0.3) is 22.2 Å². The molecule has 2 aliphatic rings. The van der Waals surface area contributed by atoms with Gasteiger partial charge in [-0.25, -0.2) is 13.2 Å². The van der Waals surface area contributed by atoms with Gasteiger partial charge in [0.15, 0.2) is 0 Å². The van der Waals surface area contributed by atoms with Crippen molar-refractivity contribution in [1.29, 1.82) is 0 Å². The normalized spacial score (nSPS) is 19.9. The average molecular weight is 450 g/mol. The van der Waals surface area contributed by atoms with E-state index in [4.69, 9.17) is 0 Å².